The minimum atomic E-state index is -0.0759. The number of nitrogens with zero attached hydrogens (tertiary/aromatic N) is 1. The molecule has 1 heterocycles. The Kier molecular flexibility index (Phi) is 6.25. The maximum Gasteiger partial charge on any atom is 0.252 e. The molecule has 0 aliphatic carbocycles. The Bertz CT molecular complexity index is 336. The molecule has 4 nitrogen and oxygen atoms in total. The van der Waals surface area contributed by atoms with Crippen molar-refractivity contribution in [3.8, 4) is 0 Å². The molecule has 0 aliphatic rings. The van der Waals surface area contributed by atoms with Crippen LogP contribution in [0.2, 0.25) is 0 Å². The van der Waals surface area contributed by atoms with Crippen molar-refractivity contribution in [3.63, 3.8) is 0 Å². The van der Waals surface area contributed by atoms with Crippen molar-refractivity contribution in [2.45, 2.75) is 26.7 Å². The lowest BCUT2D eigenvalue weighted by molar-refractivity contribution is 0.0941. The number of aryl methyl sites for hydroxylation is 1. The SMILES string of the molecule is CCCOCCCNC(=O)c1ccc(C)nc1. The molecule has 0 fully saturated rings. The van der Waals surface area contributed by atoms with Crippen molar-refractivity contribution in [3.05, 3.63) is 29.6 Å². The van der Waals surface area contributed by atoms with Crippen LogP contribution in [-0.2, 0) is 4.74 Å². The molecule has 0 bridgehead atoms. The van der Waals surface area contributed by atoms with Gasteiger partial charge in [0.15, 0.2) is 0 Å². The summed E-state index contributed by atoms with van der Waals surface area (Å²) in [5.41, 5.74) is 1.51. The fourth-order valence-corrected chi connectivity index (χ4v) is 1.33. The summed E-state index contributed by atoms with van der Waals surface area (Å²) in [4.78, 5) is 15.7. The maximum absolute atomic E-state index is 11.7. The highest BCUT2D eigenvalue weighted by atomic mass is 16.5. The van der Waals surface area contributed by atoms with Gasteiger partial charge in [0, 0.05) is 31.6 Å². The van der Waals surface area contributed by atoms with Gasteiger partial charge in [-0.2, -0.15) is 0 Å². The molecule has 0 aromatic carbocycles. The molecule has 1 rings (SSSR count). The highest BCUT2D eigenvalue weighted by Gasteiger charge is 2.03. The first-order valence-corrected chi connectivity index (χ1v) is 6.02. The van der Waals surface area contributed by atoms with Gasteiger partial charge in [-0.15, -0.1) is 0 Å². The zero-order valence-electron chi connectivity index (χ0n) is 10.5. The highest BCUT2D eigenvalue weighted by Crippen LogP contribution is 1.98. The van der Waals surface area contributed by atoms with Gasteiger partial charge in [-0.05, 0) is 31.9 Å². The number of carbonyl (C=O) groups is 1. The molecule has 0 atom stereocenters. The quantitative estimate of drug-likeness (QED) is 0.736. The van der Waals surface area contributed by atoms with Crippen molar-refractivity contribution in [2.75, 3.05) is 19.8 Å². The van der Waals surface area contributed by atoms with Crippen LogP contribution in [0.1, 0.15) is 35.8 Å². The summed E-state index contributed by atoms with van der Waals surface area (Å²) in [7, 11) is 0. The summed E-state index contributed by atoms with van der Waals surface area (Å²) >= 11 is 0. The number of hydrogen-bond donors (Lipinski definition) is 1. The van der Waals surface area contributed by atoms with Gasteiger partial charge < -0.3 is 10.1 Å². The van der Waals surface area contributed by atoms with Gasteiger partial charge >= 0.3 is 0 Å². The molecule has 0 unspecified atom stereocenters. The van der Waals surface area contributed by atoms with E-state index in [1.165, 1.54) is 0 Å². The van der Waals surface area contributed by atoms with Crippen molar-refractivity contribution in [1.82, 2.24) is 10.3 Å². The Hall–Kier alpha value is -1.42. The molecular weight excluding hydrogens is 216 g/mol. The zero-order chi connectivity index (χ0) is 12.5. The van der Waals surface area contributed by atoms with Gasteiger partial charge in [-0.25, -0.2) is 0 Å². The summed E-state index contributed by atoms with van der Waals surface area (Å²) in [6, 6.07) is 3.62. The van der Waals surface area contributed by atoms with Gasteiger partial charge in [0.2, 0.25) is 0 Å². The number of rotatable bonds is 7. The van der Waals surface area contributed by atoms with Crippen molar-refractivity contribution in [2.24, 2.45) is 0 Å². The second kappa shape index (κ2) is 7.79. The molecule has 0 saturated carbocycles. The molecule has 0 spiro atoms. The largest absolute Gasteiger partial charge is 0.381 e. The number of amides is 1. The second-order valence-electron chi connectivity index (χ2n) is 3.91. The predicted octanol–water partition coefficient (Wildman–Crippen LogP) is 1.94. The molecule has 0 radical (unpaired) electrons. The molecular formula is C13H20N2O2. The summed E-state index contributed by atoms with van der Waals surface area (Å²) in [6.45, 7) is 6.09. The van der Waals surface area contributed by atoms with Crippen LogP contribution in [0.5, 0.6) is 0 Å². The third kappa shape index (κ3) is 5.45. The van der Waals surface area contributed by atoms with Crippen LogP contribution >= 0.6 is 0 Å². The second-order valence-corrected chi connectivity index (χ2v) is 3.91. The summed E-state index contributed by atoms with van der Waals surface area (Å²) in [6.07, 6.45) is 3.46. The van der Waals surface area contributed by atoms with Crippen molar-refractivity contribution >= 4 is 5.91 Å². The van der Waals surface area contributed by atoms with Gasteiger partial charge in [0.1, 0.15) is 0 Å². The number of carbonyl (C=O) groups excluding carboxylic acids is 1. The van der Waals surface area contributed by atoms with Crippen LogP contribution in [0, 0.1) is 6.92 Å². The number of aromatic nitrogens is 1. The lowest BCUT2D eigenvalue weighted by Crippen LogP contribution is -2.25. The molecule has 1 aromatic rings. The first-order chi connectivity index (χ1) is 8.24. The number of ether oxygens (including phenoxy) is 1. The Balaban J connectivity index is 2.19. The van der Waals surface area contributed by atoms with Crippen LogP contribution < -0.4 is 5.32 Å². The zero-order valence-corrected chi connectivity index (χ0v) is 10.5. The van der Waals surface area contributed by atoms with Crippen LogP contribution in [0.25, 0.3) is 0 Å². The smallest absolute Gasteiger partial charge is 0.252 e. The first-order valence-electron chi connectivity index (χ1n) is 6.02. The maximum atomic E-state index is 11.7. The molecule has 1 N–H and O–H groups in total. The lowest BCUT2D eigenvalue weighted by Gasteiger charge is -2.05. The number of pyridine rings is 1. The Morgan fingerprint density at radius 2 is 2.24 bits per heavy atom. The molecule has 0 aliphatic heterocycles. The normalized spacial score (nSPS) is 10.2. The number of nitrogens with one attached hydrogen (secondary N) is 1. The van der Waals surface area contributed by atoms with Crippen molar-refractivity contribution in [1.29, 1.82) is 0 Å². The van der Waals surface area contributed by atoms with E-state index in [0.29, 0.717) is 18.7 Å². The molecule has 17 heavy (non-hydrogen) atoms. The van der Waals surface area contributed by atoms with Gasteiger partial charge in [-0.1, -0.05) is 6.92 Å². The minimum Gasteiger partial charge on any atom is -0.381 e. The first kappa shape index (κ1) is 13.6. The van der Waals surface area contributed by atoms with E-state index in [1.54, 1.807) is 12.3 Å². The van der Waals surface area contributed by atoms with Crippen LogP contribution in [0.15, 0.2) is 18.3 Å². The number of hydrogen-bond acceptors (Lipinski definition) is 3. The van der Waals surface area contributed by atoms with E-state index in [1.807, 2.05) is 13.0 Å². The van der Waals surface area contributed by atoms with Crippen molar-refractivity contribution < 1.29 is 9.53 Å². The van der Waals surface area contributed by atoms with Gasteiger partial charge in [0.05, 0.1) is 5.56 Å². The molecule has 94 valence electrons. The topological polar surface area (TPSA) is 51.2 Å². The summed E-state index contributed by atoms with van der Waals surface area (Å²) in [5, 5.41) is 2.84. The monoisotopic (exact) mass is 236 g/mol. The Morgan fingerprint density at radius 1 is 1.41 bits per heavy atom. The van der Waals surface area contributed by atoms with Crippen LogP contribution in [0.4, 0.5) is 0 Å². The minimum absolute atomic E-state index is 0.0759. The van der Waals surface area contributed by atoms with E-state index in [-0.39, 0.29) is 5.91 Å². The molecule has 0 saturated heterocycles. The van der Waals surface area contributed by atoms with E-state index in [2.05, 4.69) is 17.2 Å². The van der Waals surface area contributed by atoms with Gasteiger partial charge in [0.25, 0.3) is 5.91 Å². The fourth-order valence-electron chi connectivity index (χ4n) is 1.33. The summed E-state index contributed by atoms with van der Waals surface area (Å²) in [5.74, 6) is -0.0759. The van der Waals surface area contributed by atoms with E-state index in [4.69, 9.17) is 4.74 Å². The summed E-state index contributed by atoms with van der Waals surface area (Å²) < 4.78 is 5.32. The molecule has 1 amide bonds. The molecule has 1 aromatic heterocycles. The van der Waals surface area contributed by atoms with Gasteiger partial charge in [-0.3, -0.25) is 9.78 Å². The third-order valence-electron chi connectivity index (χ3n) is 2.27. The van der Waals surface area contributed by atoms with E-state index < -0.39 is 0 Å². The van der Waals surface area contributed by atoms with Crippen LogP contribution in [-0.4, -0.2) is 30.6 Å². The van der Waals surface area contributed by atoms with E-state index in [0.717, 1.165) is 25.1 Å². The Labute approximate surface area is 102 Å². The Morgan fingerprint density at radius 3 is 2.88 bits per heavy atom. The highest BCUT2D eigenvalue weighted by molar-refractivity contribution is 5.93. The van der Waals surface area contributed by atoms with E-state index in [9.17, 15) is 4.79 Å². The van der Waals surface area contributed by atoms with Crippen LogP contribution in [0.3, 0.4) is 0 Å². The third-order valence-corrected chi connectivity index (χ3v) is 2.27. The standard InChI is InChI=1S/C13H20N2O2/c1-3-8-17-9-4-7-14-13(16)12-6-5-11(2)15-10-12/h5-6,10H,3-4,7-9H2,1-2H3,(H,14,16). The average molecular weight is 236 g/mol. The molecule has 4 heteroatoms. The lowest BCUT2D eigenvalue weighted by atomic mass is 10.2. The fraction of sp³-hybridized carbons (Fsp3) is 0.538. The average Bonchev–Trinajstić information content (AvgIpc) is 2.34. The predicted molar refractivity (Wildman–Crippen MR) is 67.0 cm³/mol. The van der Waals surface area contributed by atoms with E-state index >= 15 is 0 Å².